The Morgan fingerprint density at radius 1 is 1.43 bits per heavy atom. The van der Waals surface area contributed by atoms with Crippen molar-refractivity contribution >= 4 is 39.0 Å². The van der Waals surface area contributed by atoms with Crippen LogP contribution in [0.5, 0.6) is 0 Å². The first-order valence-corrected chi connectivity index (χ1v) is 9.08. The third-order valence-corrected chi connectivity index (χ3v) is 5.70. The van der Waals surface area contributed by atoms with Crippen molar-refractivity contribution in [3.63, 3.8) is 0 Å². The van der Waals surface area contributed by atoms with E-state index < -0.39 is 28.3 Å². The van der Waals surface area contributed by atoms with Gasteiger partial charge < -0.3 is 15.4 Å². The molecule has 0 radical (unpaired) electrons. The van der Waals surface area contributed by atoms with Gasteiger partial charge in [0.05, 0.1) is 17.1 Å². The van der Waals surface area contributed by atoms with Crippen LogP contribution in [-0.4, -0.2) is 56.4 Å². The molecule has 23 heavy (non-hydrogen) atoms. The van der Waals surface area contributed by atoms with Crippen LogP contribution in [0, 0.1) is 0 Å². The minimum atomic E-state index is -3.09. The fourth-order valence-electron chi connectivity index (χ4n) is 2.31. The number of esters is 1. The first kappa shape index (κ1) is 17.6. The minimum Gasteiger partial charge on any atom is -0.452 e. The van der Waals surface area contributed by atoms with Gasteiger partial charge in [0.2, 0.25) is 0 Å². The lowest BCUT2D eigenvalue weighted by Crippen LogP contribution is -2.40. The maximum Gasteiger partial charge on any atom is 0.340 e. The van der Waals surface area contributed by atoms with Crippen LogP contribution < -0.4 is 5.73 Å². The van der Waals surface area contributed by atoms with Crippen molar-refractivity contribution < 1.29 is 22.7 Å². The Morgan fingerprint density at radius 3 is 2.70 bits per heavy atom. The van der Waals surface area contributed by atoms with Gasteiger partial charge in [-0.2, -0.15) is 0 Å². The molecule has 7 nitrogen and oxygen atoms in total. The molecule has 1 saturated heterocycles. The topological polar surface area (TPSA) is 107 Å². The number of amides is 1. The van der Waals surface area contributed by atoms with Crippen LogP contribution in [0.2, 0.25) is 5.02 Å². The molecule has 1 fully saturated rings. The fourth-order valence-corrected chi connectivity index (χ4v) is 4.27. The van der Waals surface area contributed by atoms with Crippen molar-refractivity contribution in [1.29, 1.82) is 0 Å². The Labute approximate surface area is 139 Å². The lowest BCUT2D eigenvalue weighted by Gasteiger charge is -2.23. The molecule has 1 aromatic rings. The second-order valence-electron chi connectivity index (χ2n) is 5.37. The third kappa shape index (κ3) is 4.35. The average Bonchev–Trinajstić information content (AvgIpc) is 2.83. The van der Waals surface area contributed by atoms with E-state index in [1.807, 2.05) is 0 Å². The quantitative estimate of drug-likeness (QED) is 0.626. The van der Waals surface area contributed by atoms with Crippen LogP contribution >= 0.6 is 11.6 Å². The summed E-state index contributed by atoms with van der Waals surface area (Å²) in [4.78, 5) is 25.2. The van der Waals surface area contributed by atoms with Crippen LogP contribution in [0.15, 0.2) is 18.2 Å². The van der Waals surface area contributed by atoms with Crippen molar-refractivity contribution in [3.8, 4) is 0 Å². The number of halogens is 1. The monoisotopic (exact) mass is 360 g/mol. The molecule has 126 valence electrons. The molecule has 1 aromatic carbocycles. The van der Waals surface area contributed by atoms with E-state index in [0.29, 0.717) is 11.4 Å². The Bertz CT molecular complexity index is 735. The number of likely N-dealkylation sites (N-methyl/N-ethyl adjacent to an activating group) is 1. The van der Waals surface area contributed by atoms with Gasteiger partial charge in [0.1, 0.15) is 0 Å². The highest BCUT2D eigenvalue weighted by molar-refractivity contribution is 7.91. The zero-order valence-corrected chi connectivity index (χ0v) is 14.1. The predicted molar refractivity (Wildman–Crippen MR) is 86.0 cm³/mol. The molecule has 2 rings (SSSR count). The molecule has 1 heterocycles. The molecular formula is C14H17ClN2O5S. The summed E-state index contributed by atoms with van der Waals surface area (Å²) in [6.07, 6.45) is 0.392. The summed E-state index contributed by atoms with van der Waals surface area (Å²) in [7, 11) is -1.59. The number of hydrogen-bond acceptors (Lipinski definition) is 6. The zero-order valence-electron chi connectivity index (χ0n) is 12.5. The maximum atomic E-state index is 12.0. The maximum absolute atomic E-state index is 12.0. The SMILES string of the molecule is CN(C(=O)COC(=O)c1ccc(Cl)cc1N)[C@H]1CCS(=O)(=O)C1. The summed E-state index contributed by atoms with van der Waals surface area (Å²) in [5, 5.41) is 0.386. The molecule has 9 heteroatoms. The fraction of sp³-hybridized carbons (Fsp3) is 0.429. The first-order valence-electron chi connectivity index (χ1n) is 6.88. The summed E-state index contributed by atoms with van der Waals surface area (Å²) >= 11 is 5.74. The van der Waals surface area contributed by atoms with Gasteiger partial charge in [-0.1, -0.05) is 11.6 Å². The van der Waals surface area contributed by atoms with Crippen LogP contribution in [0.1, 0.15) is 16.8 Å². The number of ether oxygens (including phenoxy) is 1. The van der Waals surface area contributed by atoms with Gasteiger partial charge in [0.15, 0.2) is 16.4 Å². The molecule has 0 aromatic heterocycles. The number of nitrogens with zero attached hydrogens (tertiary/aromatic N) is 1. The van der Waals surface area contributed by atoms with Crippen LogP contribution in [0.25, 0.3) is 0 Å². The summed E-state index contributed by atoms with van der Waals surface area (Å²) < 4.78 is 27.8. The van der Waals surface area contributed by atoms with Crippen molar-refractivity contribution in [2.45, 2.75) is 12.5 Å². The van der Waals surface area contributed by atoms with Gasteiger partial charge in [0, 0.05) is 23.8 Å². The zero-order chi connectivity index (χ0) is 17.2. The molecule has 1 aliphatic heterocycles. The van der Waals surface area contributed by atoms with E-state index >= 15 is 0 Å². The first-order chi connectivity index (χ1) is 10.7. The number of carbonyl (C=O) groups is 2. The normalized spacial score (nSPS) is 19.3. The molecule has 0 unspecified atom stereocenters. The van der Waals surface area contributed by atoms with Crippen molar-refractivity contribution in [2.24, 2.45) is 0 Å². The summed E-state index contributed by atoms with van der Waals surface area (Å²) in [6, 6.07) is 3.94. The predicted octanol–water partition coefficient (Wildman–Crippen LogP) is 0.725. The Kier molecular flexibility index (Phi) is 5.16. The number of sulfone groups is 1. The van der Waals surface area contributed by atoms with Crippen LogP contribution in [0.4, 0.5) is 5.69 Å². The standard InChI is InChI=1S/C14H17ClN2O5S/c1-17(10-4-5-23(20,21)8-10)13(18)7-22-14(19)11-3-2-9(15)6-12(11)16/h2-3,6,10H,4-5,7-8,16H2,1H3/t10-/m0/s1. The largest absolute Gasteiger partial charge is 0.452 e. The van der Waals surface area contributed by atoms with Gasteiger partial charge in [-0.05, 0) is 24.6 Å². The molecule has 0 bridgehead atoms. The second-order valence-corrected chi connectivity index (χ2v) is 8.03. The molecule has 0 spiro atoms. The third-order valence-electron chi connectivity index (χ3n) is 3.71. The molecule has 2 N–H and O–H groups in total. The second kappa shape index (κ2) is 6.76. The highest BCUT2D eigenvalue weighted by Gasteiger charge is 2.33. The Balaban J connectivity index is 1.92. The van der Waals surface area contributed by atoms with E-state index in [9.17, 15) is 18.0 Å². The van der Waals surface area contributed by atoms with Crippen molar-refractivity contribution in [1.82, 2.24) is 4.90 Å². The van der Waals surface area contributed by atoms with Crippen LogP contribution in [-0.2, 0) is 19.4 Å². The number of nitrogen functional groups attached to an aromatic ring is 1. The lowest BCUT2D eigenvalue weighted by atomic mass is 10.2. The highest BCUT2D eigenvalue weighted by Crippen LogP contribution is 2.19. The molecule has 0 saturated carbocycles. The van der Waals surface area contributed by atoms with E-state index in [1.165, 1.54) is 30.1 Å². The van der Waals surface area contributed by atoms with Gasteiger partial charge in [-0.15, -0.1) is 0 Å². The number of rotatable bonds is 4. The van der Waals surface area contributed by atoms with E-state index in [2.05, 4.69) is 0 Å². The van der Waals surface area contributed by atoms with Crippen molar-refractivity contribution in [3.05, 3.63) is 28.8 Å². The molecule has 1 atom stereocenters. The average molecular weight is 361 g/mol. The Hall–Kier alpha value is -1.80. The highest BCUT2D eigenvalue weighted by atomic mass is 35.5. The minimum absolute atomic E-state index is 0.0622. The van der Waals surface area contributed by atoms with E-state index in [1.54, 1.807) is 0 Å². The van der Waals surface area contributed by atoms with Gasteiger partial charge in [0.25, 0.3) is 5.91 Å². The molecule has 1 aliphatic rings. The van der Waals surface area contributed by atoms with Gasteiger partial charge >= 0.3 is 5.97 Å². The van der Waals surface area contributed by atoms with E-state index in [4.69, 9.17) is 22.1 Å². The lowest BCUT2D eigenvalue weighted by molar-refractivity contribution is -0.134. The summed E-state index contributed by atoms with van der Waals surface area (Å²) in [6.45, 7) is -0.478. The van der Waals surface area contributed by atoms with Crippen LogP contribution in [0.3, 0.4) is 0 Å². The summed E-state index contributed by atoms with van der Waals surface area (Å²) in [5.74, 6) is -1.20. The smallest absolute Gasteiger partial charge is 0.340 e. The number of hydrogen-bond donors (Lipinski definition) is 1. The summed E-state index contributed by atoms with van der Waals surface area (Å²) in [5.41, 5.74) is 5.95. The number of anilines is 1. The Morgan fingerprint density at radius 2 is 2.13 bits per heavy atom. The van der Waals surface area contributed by atoms with Gasteiger partial charge in [-0.25, -0.2) is 13.2 Å². The van der Waals surface area contributed by atoms with Gasteiger partial charge in [-0.3, -0.25) is 4.79 Å². The van der Waals surface area contributed by atoms with Crippen molar-refractivity contribution in [2.75, 3.05) is 30.9 Å². The molecule has 0 aliphatic carbocycles. The number of carbonyl (C=O) groups excluding carboxylic acids is 2. The molecule has 1 amide bonds. The number of benzene rings is 1. The number of nitrogens with two attached hydrogens (primary N) is 1. The van der Waals surface area contributed by atoms with E-state index in [-0.39, 0.29) is 28.8 Å². The van der Waals surface area contributed by atoms with E-state index in [0.717, 1.165) is 0 Å². The molecular weight excluding hydrogens is 344 g/mol.